The highest BCUT2D eigenvalue weighted by Crippen LogP contribution is 2.36. The minimum Gasteiger partial charge on any atom is -0.486 e. The molecular formula is C24H25N5O3. The van der Waals surface area contributed by atoms with Crippen LogP contribution in [0.5, 0.6) is 11.5 Å². The van der Waals surface area contributed by atoms with Gasteiger partial charge in [0.25, 0.3) is 0 Å². The van der Waals surface area contributed by atoms with Gasteiger partial charge in [0.15, 0.2) is 17.3 Å². The Morgan fingerprint density at radius 1 is 1.00 bits per heavy atom. The van der Waals surface area contributed by atoms with E-state index in [1.165, 1.54) is 6.92 Å². The third-order valence-electron chi connectivity index (χ3n) is 5.67. The summed E-state index contributed by atoms with van der Waals surface area (Å²) in [6, 6.07) is 11.7. The number of aromatic amines is 2. The van der Waals surface area contributed by atoms with Gasteiger partial charge in [-0.15, -0.1) is 0 Å². The Bertz CT molecular complexity index is 1290. The third kappa shape index (κ3) is 3.68. The van der Waals surface area contributed by atoms with Crippen molar-refractivity contribution in [2.45, 2.75) is 26.8 Å². The second kappa shape index (κ2) is 8.03. The van der Waals surface area contributed by atoms with Gasteiger partial charge in [0.2, 0.25) is 0 Å². The molecule has 0 saturated heterocycles. The van der Waals surface area contributed by atoms with Gasteiger partial charge in [0.1, 0.15) is 31.0 Å². The molecule has 1 aliphatic heterocycles. The second-order valence-corrected chi connectivity index (χ2v) is 8.28. The smallest absolute Gasteiger partial charge is 0.175 e. The molecule has 0 unspecified atom stereocenters. The third-order valence-corrected chi connectivity index (χ3v) is 5.67. The molecule has 1 aliphatic rings. The molecule has 0 fully saturated rings. The molecule has 0 saturated carbocycles. The zero-order valence-corrected chi connectivity index (χ0v) is 18.2. The number of carbonyl (C=O) groups excluding carboxylic acids is 1. The molecule has 0 amide bonds. The van der Waals surface area contributed by atoms with E-state index in [1.807, 2.05) is 24.3 Å². The molecule has 0 bridgehead atoms. The summed E-state index contributed by atoms with van der Waals surface area (Å²) in [5, 5.41) is 4.48. The van der Waals surface area contributed by atoms with E-state index in [1.54, 1.807) is 12.4 Å². The Morgan fingerprint density at radius 2 is 1.81 bits per heavy atom. The van der Waals surface area contributed by atoms with Crippen LogP contribution in [0, 0.1) is 5.92 Å². The fourth-order valence-electron chi connectivity index (χ4n) is 3.99. The molecule has 0 radical (unpaired) electrons. The fraction of sp³-hybridized carbons (Fsp3) is 0.292. The number of benzene rings is 1. The van der Waals surface area contributed by atoms with Gasteiger partial charge in [0.05, 0.1) is 28.5 Å². The SMILES string of the molecule is CC(=O)c1ccc(-c2cc3c(N[C@@H](c4ccc5c(c4)OCCO5)C(C)C)ncnc3[nH]2)[nH]1. The number of hydrogen-bond donors (Lipinski definition) is 3. The van der Waals surface area contributed by atoms with Crippen LogP contribution in [0.15, 0.2) is 42.7 Å². The number of ether oxygens (including phenoxy) is 2. The minimum atomic E-state index is -0.00582. The van der Waals surface area contributed by atoms with Crippen molar-refractivity contribution in [1.29, 1.82) is 0 Å². The highest BCUT2D eigenvalue weighted by atomic mass is 16.6. The van der Waals surface area contributed by atoms with E-state index >= 15 is 0 Å². The highest BCUT2D eigenvalue weighted by molar-refractivity contribution is 5.94. The molecule has 0 aliphatic carbocycles. The second-order valence-electron chi connectivity index (χ2n) is 8.28. The van der Waals surface area contributed by atoms with E-state index in [0.29, 0.717) is 24.8 Å². The molecule has 32 heavy (non-hydrogen) atoms. The number of carbonyl (C=O) groups is 1. The van der Waals surface area contributed by atoms with Crippen LogP contribution in [0.3, 0.4) is 0 Å². The first-order valence-electron chi connectivity index (χ1n) is 10.7. The first kappa shape index (κ1) is 20.1. The summed E-state index contributed by atoms with van der Waals surface area (Å²) in [4.78, 5) is 27.0. The number of fused-ring (bicyclic) bond motifs is 2. The van der Waals surface area contributed by atoms with Gasteiger partial charge in [-0.3, -0.25) is 4.79 Å². The zero-order chi connectivity index (χ0) is 22.2. The van der Waals surface area contributed by atoms with Gasteiger partial charge in [-0.2, -0.15) is 0 Å². The zero-order valence-electron chi connectivity index (χ0n) is 18.2. The molecule has 3 N–H and O–H groups in total. The average molecular weight is 431 g/mol. The topological polar surface area (TPSA) is 105 Å². The van der Waals surface area contributed by atoms with Gasteiger partial charge in [-0.05, 0) is 41.8 Å². The van der Waals surface area contributed by atoms with Crippen LogP contribution in [0.4, 0.5) is 5.82 Å². The molecule has 4 heterocycles. The summed E-state index contributed by atoms with van der Waals surface area (Å²) >= 11 is 0. The quantitative estimate of drug-likeness (QED) is 0.381. The monoisotopic (exact) mass is 431 g/mol. The van der Waals surface area contributed by atoms with Crippen LogP contribution in [0.1, 0.15) is 42.9 Å². The number of anilines is 1. The van der Waals surface area contributed by atoms with Crippen LogP contribution in [-0.2, 0) is 0 Å². The van der Waals surface area contributed by atoms with Gasteiger partial charge in [-0.25, -0.2) is 9.97 Å². The molecule has 164 valence electrons. The lowest BCUT2D eigenvalue weighted by molar-refractivity contribution is 0.101. The number of Topliss-reactive ketones (excluding diaryl/α,β-unsaturated/α-hetero) is 1. The Morgan fingerprint density at radius 3 is 2.56 bits per heavy atom. The van der Waals surface area contributed by atoms with Crippen molar-refractivity contribution in [2.24, 2.45) is 5.92 Å². The summed E-state index contributed by atoms with van der Waals surface area (Å²) < 4.78 is 11.4. The van der Waals surface area contributed by atoms with E-state index < -0.39 is 0 Å². The maximum atomic E-state index is 11.6. The van der Waals surface area contributed by atoms with Crippen LogP contribution >= 0.6 is 0 Å². The molecule has 3 aromatic heterocycles. The van der Waals surface area contributed by atoms with Crippen molar-refractivity contribution in [2.75, 3.05) is 18.5 Å². The molecular weight excluding hydrogens is 406 g/mol. The standard InChI is InChI=1S/C24H25N5O3/c1-13(2)22(15-4-7-20-21(10-15)32-9-8-31-20)29-24-16-11-19(28-23(16)25-12-26-24)18-6-5-17(27-18)14(3)30/h4-7,10-13,22,27H,8-9H2,1-3H3,(H2,25,26,28,29)/t22-/m1/s1. The maximum absolute atomic E-state index is 11.6. The van der Waals surface area contributed by atoms with E-state index in [0.717, 1.165) is 45.3 Å². The number of nitrogens with one attached hydrogen (secondary N) is 3. The van der Waals surface area contributed by atoms with E-state index in [4.69, 9.17) is 9.47 Å². The first-order valence-corrected chi connectivity index (χ1v) is 10.7. The first-order chi connectivity index (χ1) is 15.5. The molecule has 8 nitrogen and oxygen atoms in total. The van der Waals surface area contributed by atoms with Crippen molar-refractivity contribution in [3.05, 3.63) is 54.0 Å². The number of hydrogen-bond acceptors (Lipinski definition) is 6. The summed E-state index contributed by atoms with van der Waals surface area (Å²) in [6.07, 6.45) is 1.54. The average Bonchev–Trinajstić information content (AvgIpc) is 3.44. The number of aromatic nitrogens is 4. The van der Waals surface area contributed by atoms with Crippen LogP contribution in [0.25, 0.3) is 22.4 Å². The van der Waals surface area contributed by atoms with E-state index in [2.05, 4.69) is 45.2 Å². The van der Waals surface area contributed by atoms with Gasteiger partial charge in [0, 0.05) is 6.92 Å². The number of ketones is 1. The molecule has 8 heteroatoms. The Hall–Kier alpha value is -3.81. The Balaban J connectivity index is 1.49. The van der Waals surface area contributed by atoms with Gasteiger partial charge >= 0.3 is 0 Å². The Labute approximate surface area is 185 Å². The summed E-state index contributed by atoms with van der Waals surface area (Å²) in [5.41, 5.74) is 4.06. The van der Waals surface area contributed by atoms with E-state index in [-0.39, 0.29) is 11.8 Å². The van der Waals surface area contributed by atoms with Crippen molar-refractivity contribution >= 4 is 22.6 Å². The van der Waals surface area contributed by atoms with Crippen LogP contribution < -0.4 is 14.8 Å². The number of H-pyrrole nitrogens is 2. The number of nitrogens with zero attached hydrogens (tertiary/aromatic N) is 2. The lowest BCUT2D eigenvalue weighted by Crippen LogP contribution is -2.19. The van der Waals surface area contributed by atoms with Crippen LogP contribution in [0.2, 0.25) is 0 Å². The van der Waals surface area contributed by atoms with E-state index in [9.17, 15) is 4.79 Å². The molecule has 1 aromatic carbocycles. The summed E-state index contributed by atoms with van der Waals surface area (Å²) in [7, 11) is 0. The normalized spacial score (nSPS) is 14.0. The fourth-order valence-corrected chi connectivity index (χ4v) is 3.99. The maximum Gasteiger partial charge on any atom is 0.175 e. The predicted molar refractivity (Wildman–Crippen MR) is 122 cm³/mol. The molecule has 4 aromatic rings. The molecule has 1 atom stereocenters. The predicted octanol–water partition coefficient (Wildman–Crippen LogP) is 4.74. The lowest BCUT2D eigenvalue weighted by Gasteiger charge is -2.26. The Kier molecular flexibility index (Phi) is 5.05. The van der Waals surface area contributed by atoms with Gasteiger partial charge in [-0.1, -0.05) is 19.9 Å². The van der Waals surface area contributed by atoms with Gasteiger partial charge < -0.3 is 24.8 Å². The summed E-state index contributed by atoms with van der Waals surface area (Å²) in [6.45, 7) is 6.99. The largest absolute Gasteiger partial charge is 0.486 e. The molecule has 5 rings (SSSR count). The lowest BCUT2D eigenvalue weighted by atomic mass is 9.95. The van der Waals surface area contributed by atoms with Crippen molar-refractivity contribution in [1.82, 2.24) is 19.9 Å². The van der Waals surface area contributed by atoms with Crippen molar-refractivity contribution in [3.63, 3.8) is 0 Å². The van der Waals surface area contributed by atoms with Crippen molar-refractivity contribution in [3.8, 4) is 22.9 Å². The van der Waals surface area contributed by atoms with Crippen molar-refractivity contribution < 1.29 is 14.3 Å². The molecule has 0 spiro atoms. The summed E-state index contributed by atoms with van der Waals surface area (Å²) in [5.74, 6) is 2.57. The minimum absolute atomic E-state index is 0.00582. The number of rotatable bonds is 6. The van der Waals surface area contributed by atoms with Crippen LogP contribution in [-0.4, -0.2) is 38.9 Å². The highest BCUT2D eigenvalue weighted by Gasteiger charge is 2.22.